The van der Waals surface area contributed by atoms with Crippen LogP contribution in [0.4, 0.5) is 5.69 Å². The Morgan fingerprint density at radius 2 is 1.81 bits per heavy atom. The molecule has 0 spiro atoms. The minimum Gasteiger partial charge on any atom is -0.496 e. The van der Waals surface area contributed by atoms with Gasteiger partial charge in [-0.15, -0.1) is 0 Å². The van der Waals surface area contributed by atoms with Gasteiger partial charge in [0.2, 0.25) is 6.10 Å². The van der Waals surface area contributed by atoms with Crippen LogP contribution in [-0.2, 0) is 4.79 Å². The van der Waals surface area contributed by atoms with Gasteiger partial charge in [-0.05, 0) is 26.0 Å². The first-order chi connectivity index (χ1) is 12.5. The Morgan fingerprint density at radius 1 is 1.15 bits per heavy atom. The average molecular weight is 358 g/mol. The summed E-state index contributed by atoms with van der Waals surface area (Å²) < 4.78 is 10.9. The van der Waals surface area contributed by atoms with Crippen molar-refractivity contribution in [2.24, 2.45) is 0 Å². The maximum Gasteiger partial charge on any atom is 0.314 e. The fourth-order valence-corrected chi connectivity index (χ4v) is 2.58. The monoisotopic (exact) mass is 358 g/mol. The molecule has 0 aliphatic heterocycles. The van der Waals surface area contributed by atoms with E-state index in [0.29, 0.717) is 24.4 Å². The van der Waals surface area contributed by atoms with E-state index < -0.39 is 11.0 Å². The van der Waals surface area contributed by atoms with E-state index in [-0.39, 0.29) is 17.3 Å². The quantitative estimate of drug-likeness (QED) is 0.532. The number of carbonyl (C=O) groups is 1. The van der Waals surface area contributed by atoms with Gasteiger partial charge in [0.15, 0.2) is 5.75 Å². The number of nitro groups is 1. The molecule has 0 saturated carbocycles. The van der Waals surface area contributed by atoms with Crippen molar-refractivity contribution in [2.75, 3.05) is 20.2 Å². The number of amides is 1. The SMILES string of the molecule is CCN(CC)C(=O)C(Oc1ccc(OC)cc1[N+](=O)[O-])c1ccccc1. The number of likely N-dealkylation sites (N-methyl/N-ethyl adjacent to an activating group) is 1. The number of hydrogen-bond donors (Lipinski definition) is 0. The minimum atomic E-state index is -0.969. The van der Waals surface area contributed by atoms with Crippen LogP contribution in [0.25, 0.3) is 0 Å². The summed E-state index contributed by atoms with van der Waals surface area (Å²) in [5.74, 6) is 0.117. The third kappa shape index (κ3) is 4.30. The number of methoxy groups -OCH3 is 1. The Kier molecular flexibility index (Phi) is 6.54. The van der Waals surface area contributed by atoms with Crippen molar-refractivity contribution >= 4 is 11.6 Å². The number of rotatable bonds is 8. The first-order valence-electron chi connectivity index (χ1n) is 8.34. The van der Waals surface area contributed by atoms with Gasteiger partial charge in [0.1, 0.15) is 5.75 Å². The molecule has 26 heavy (non-hydrogen) atoms. The molecule has 2 aromatic rings. The van der Waals surface area contributed by atoms with Crippen molar-refractivity contribution in [3.8, 4) is 11.5 Å². The van der Waals surface area contributed by atoms with E-state index in [1.54, 1.807) is 35.2 Å². The molecule has 0 saturated heterocycles. The molecule has 138 valence electrons. The second kappa shape index (κ2) is 8.84. The molecule has 0 N–H and O–H groups in total. The normalized spacial score (nSPS) is 11.5. The van der Waals surface area contributed by atoms with E-state index in [2.05, 4.69) is 0 Å². The topological polar surface area (TPSA) is 81.9 Å². The molecule has 0 aliphatic rings. The maximum absolute atomic E-state index is 12.9. The van der Waals surface area contributed by atoms with Crippen LogP contribution in [0.15, 0.2) is 48.5 Å². The molecule has 1 atom stereocenters. The van der Waals surface area contributed by atoms with Crippen molar-refractivity contribution in [2.45, 2.75) is 20.0 Å². The lowest BCUT2D eigenvalue weighted by Gasteiger charge is -2.26. The highest BCUT2D eigenvalue weighted by Gasteiger charge is 2.29. The molecule has 2 rings (SSSR count). The molecule has 2 aromatic carbocycles. The summed E-state index contributed by atoms with van der Waals surface area (Å²) in [7, 11) is 1.43. The maximum atomic E-state index is 12.9. The van der Waals surface area contributed by atoms with Crippen LogP contribution in [0.2, 0.25) is 0 Å². The third-order valence-corrected chi connectivity index (χ3v) is 4.01. The predicted molar refractivity (Wildman–Crippen MR) is 97.4 cm³/mol. The van der Waals surface area contributed by atoms with Crippen LogP contribution >= 0.6 is 0 Å². The Morgan fingerprint density at radius 3 is 2.35 bits per heavy atom. The van der Waals surface area contributed by atoms with E-state index in [4.69, 9.17) is 9.47 Å². The van der Waals surface area contributed by atoms with Gasteiger partial charge in [-0.1, -0.05) is 30.3 Å². The molecule has 0 heterocycles. The lowest BCUT2D eigenvalue weighted by atomic mass is 10.1. The fourth-order valence-electron chi connectivity index (χ4n) is 2.58. The number of nitrogens with zero attached hydrogens (tertiary/aromatic N) is 2. The number of benzene rings is 2. The van der Waals surface area contributed by atoms with E-state index in [9.17, 15) is 14.9 Å². The van der Waals surface area contributed by atoms with Crippen molar-refractivity contribution < 1.29 is 19.2 Å². The summed E-state index contributed by atoms with van der Waals surface area (Å²) in [4.78, 5) is 25.4. The van der Waals surface area contributed by atoms with Crippen LogP contribution in [0.1, 0.15) is 25.5 Å². The molecular weight excluding hydrogens is 336 g/mol. The van der Waals surface area contributed by atoms with E-state index in [0.717, 1.165) is 0 Å². The van der Waals surface area contributed by atoms with Crippen LogP contribution in [-0.4, -0.2) is 35.9 Å². The van der Waals surface area contributed by atoms with Gasteiger partial charge in [-0.3, -0.25) is 14.9 Å². The lowest BCUT2D eigenvalue weighted by Crippen LogP contribution is -2.37. The zero-order valence-corrected chi connectivity index (χ0v) is 15.0. The summed E-state index contributed by atoms with van der Waals surface area (Å²) >= 11 is 0. The van der Waals surface area contributed by atoms with Gasteiger partial charge < -0.3 is 14.4 Å². The first-order valence-corrected chi connectivity index (χ1v) is 8.34. The van der Waals surface area contributed by atoms with Crippen LogP contribution in [0, 0.1) is 10.1 Å². The molecule has 1 unspecified atom stereocenters. The average Bonchev–Trinajstić information content (AvgIpc) is 2.67. The lowest BCUT2D eigenvalue weighted by molar-refractivity contribution is -0.386. The first kappa shape index (κ1) is 19.2. The van der Waals surface area contributed by atoms with E-state index >= 15 is 0 Å². The number of hydrogen-bond acceptors (Lipinski definition) is 5. The number of nitro benzene ring substituents is 1. The van der Waals surface area contributed by atoms with Crippen LogP contribution < -0.4 is 9.47 Å². The van der Waals surface area contributed by atoms with Gasteiger partial charge in [0, 0.05) is 18.7 Å². The molecular formula is C19H22N2O5. The molecule has 0 fully saturated rings. The smallest absolute Gasteiger partial charge is 0.314 e. The highest BCUT2D eigenvalue weighted by Crippen LogP contribution is 2.34. The van der Waals surface area contributed by atoms with Gasteiger partial charge in [-0.2, -0.15) is 0 Å². The van der Waals surface area contributed by atoms with Crippen molar-refractivity contribution in [3.05, 3.63) is 64.2 Å². The molecule has 7 heteroatoms. The fraction of sp³-hybridized carbons (Fsp3) is 0.316. The molecule has 0 aliphatic carbocycles. The standard InChI is InChI=1S/C19H22N2O5/c1-4-20(5-2)19(22)18(14-9-7-6-8-10-14)26-17-12-11-15(25-3)13-16(17)21(23)24/h6-13,18H,4-5H2,1-3H3. The van der Waals surface area contributed by atoms with Gasteiger partial charge >= 0.3 is 5.69 Å². The highest BCUT2D eigenvalue weighted by atomic mass is 16.6. The Hall–Kier alpha value is -3.09. The summed E-state index contributed by atoms with van der Waals surface area (Å²) in [5.41, 5.74) is 0.382. The van der Waals surface area contributed by atoms with Gasteiger partial charge in [-0.25, -0.2) is 0 Å². The molecule has 0 bridgehead atoms. The predicted octanol–water partition coefficient (Wildman–Crippen LogP) is 3.59. The molecule has 0 aromatic heterocycles. The third-order valence-electron chi connectivity index (χ3n) is 4.01. The zero-order valence-electron chi connectivity index (χ0n) is 15.0. The Balaban J connectivity index is 2.45. The number of ether oxygens (including phenoxy) is 2. The van der Waals surface area contributed by atoms with E-state index in [1.807, 2.05) is 19.9 Å². The van der Waals surface area contributed by atoms with Gasteiger partial charge in [0.25, 0.3) is 5.91 Å². The minimum absolute atomic E-state index is 0.0187. The van der Waals surface area contributed by atoms with Crippen LogP contribution in [0.5, 0.6) is 11.5 Å². The summed E-state index contributed by atoms with van der Waals surface area (Å²) in [6.07, 6.45) is -0.969. The zero-order chi connectivity index (χ0) is 19.1. The molecule has 0 radical (unpaired) electrons. The Labute approximate surface area is 152 Å². The van der Waals surface area contributed by atoms with Crippen LogP contribution in [0.3, 0.4) is 0 Å². The number of carbonyl (C=O) groups excluding carboxylic acids is 1. The largest absolute Gasteiger partial charge is 0.496 e. The Bertz CT molecular complexity index is 760. The van der Waals surface area contributed by atoms with Crippen molar-refractivity contribution in [3.63, 3.8) is 0 Å². The highest BCUT2D eigenvalue weighted by molar-refractivity contribution is 5.83. The van der Waals surface area contributed by atoms with Gasteiger partial charge in [0.05, 0.1) is 18.1 Å². The second-order valence-corrected chi connectivity index (χ2v) is 5.51. The molecule has 1 amide bonds. The summed E-state index contributed by atoms with van der Waals surface area (Å²) in [6.45, 7) is 4.79. The van der Waals surface area contributed by atoms with E-state index in [1.165, 1.54) is 19.2 Å². The molecule has 7 nitrogen and oxygen atoms in total. The summed E-state index contributed by atoms with van der Waals surface area (Å²) in [6, 6.07) is 13.2. The van der Waals surface area contributed by atoms with Crippen molar-refractivity contribution in [1.82, 2.24) is 4.90 Å². The second-order valence-electron chi connectivity index (χ2n) is 5.51. The summed E-state index contributed by atoms with van der Waals surface area (Å²) in [5, 5.41) is 11.4. The van der Waals surface area contributed by atoms with Crippen molar-refractivity contribution in [1.29, 1.82) is 0 Å².